The Labute approximate surface area is 136 Å². The Bertz CT molecular complexity index is 501. The summed E-state index contributed by atoms with van der Waals surface area (Å²) < 4.78 is 0. The van der Waals surface area contributed by atoms with Crippen LogP contribution in [0.3, 0.4) is 0 Å². The van der Waals surface area contributed by atoms with Crippen LogP contribution in [-0.2, 0) is 16.0 Å². The van der Waals surface area contributed by atoms with Gasteiger partial charge in [-0.3, -0.25) is 14.6 Å². The van der Waals surface area contributed by atoms with Crippen LogP contribution in [0.25, 0.3) is 0 Å². The monoisotopic (exact) mass is 319 g/mol. The van der Waals surface area contributed by atoms with Crippen molar-refractivity contribution in [2.24, 2.45) is 5.92 Å². The Morgan fingerprint density at radius 3 is 2.57 bits per heavy atom. The molecule has 0 unspecified atom stereocenters. The van der Waals surface area contributed by atoms with Gasteiger partial charge in [0.2, 0.25) is 11.8 Å². The Balaban J connectivity index is 1.76. The second kappa shape index (κ2) is 9.25. The Morgan fingerprint density at radius 1 is 1.22 bits per heavy atom. The van der Waals surface area contributed by atoms with Gasteiger partial charge >= 0.3 is 0 Å². The van der Waals surface area contributed by atoms with Gasteiger partial charge in [0.1, 0.15) is 6.04 Å². The van der Waals surface area contributed by atoms with Crippen LogP contribution in [0.2, 0.25) is 0 Å². The van der Waals surface area contributed by atoms with Gasteiger partial charge in [-0.2, -0.15) is 0 Å². The lowest BCUT2D eigenvalue weighted by Gasteiger charge is -2.23. The molecule has 0 aliphatic heterocycles. The molecule has 1 fully saturated rings. The summed E-state index contributed by atoms with van der Waals surface area (Å²) in [5, 5.41) is 14.8. The second-order valence-corrected chi connectivity index (χ2v) is 6.08. The zero-order chi connectivity index (χ0) is 16.5. The van der Waals surface area contributed by atoms with E-state index in [2.05, 4.69) is 15.6 Å². The molecular weight excluding hydrogens is 294 g/mol. The summed E-state index contributed by atoms with van der Waals surface area (Å²) in [6.07, 6.45) is 9.37. The first-order valence-corrected chi connectivity index (χ1v) is 8.26. The number of carbonyl (C=O) groups is 2. The smallest absolute Gasteiger partial charge is 0.244 e. The predicted octanol–water partition coefficient (Wildman–Crippen LogP) is 0.798. The van der Waals surface area contributed by atoms with Crippen LogP contribution in [-0.4, -0.2) is 41.1 Å². The molecule has 1 heterocycles. The zero-order valence-corrected chi connectivity index (χ0v) is 13.3. The molecule has 3 N–H and O–H groups in total. The number of hydrogen-bond acceptors (Lipinski definition) is 4. The molecule has 6 nitrogen and oxygen atoms in total. The summed E-state index contributed by atoms with van der Waals surface area (Å²) in [4.78, 5) is 28.0. The molecule has 2 rings (SSSR count). The average molecular weight is 319 g/mol. The summed E-state index contributed by atoms with van der Waals surface area (Å²) in [6.45, 7) is 0.216. The molecule has 0 spiro atoms. The van der Waals surface area contributed by atoms with Crippen LogP contribution in [0.4, 0.5) is 0 Å². The summed E-state index contributed by atoms with van der Waals surface area (Å²) in [6, 6.07) is 2.60. The van der Waals surface area contributed by atoms with Crippen molar-refractivity contribution in [3.63, 3.8) is 0 Å². The minimum Gasteiger partial charge on any atom is -0.394 e. The van der Waals surface area contributed by atoms with E-state index in [9.17, 15) is 14.7 Å². The normalized spacial score (nSPS) is 16.6. The number of aliphatic hydroxyl groups excluding tert-OH is 1. The van der Waals surface area contributed by atoms with Gasteiger partial charge < -0.3 is 15.7 Å². The van der Waals surface area contributed by atoms with E-state index in [0.29, 0.717) is 12.5 Å². The van der Waals surface area contributed by atoms with Crippen LogP contribution >= 0.6 is 0 Å². The predicted molar refractivity (Wildman–Crippen MR) is 86.5 cm³/mol. The van der Waals surface area contributed by atoms with E-state index in [0.717, 1.165) is 18.4 Å². The van der Waals surface area contributed by atoms with E-state index >= 15 is 0 Å². The molecule has 1 aliphatic rings. The summed E-state index contributed by atoms with van der Waals surface area (Å²) in [5.41, 5.74) is 0.816. The van der Waals surface area contributed by atoms with E-state index < -0.39 is 12.6 Å². The first-order valence-electron chi connectivity index (χ1n) is 8.26. The average Bonchev–Trinajstić information content (AvgIpc) is 2.59. The fraction of sp³-hybridized carbons (Fsp3) is 0.588. The highest BCUT2D eigenvalue weighted by Gasteiger charge is 2.21. The largest absolute Gasteiger partial charge is 0.394 e. The van der Waals surface area contributed by atoms with Crippen molar-refractivity contribution >= 4 is 11.8 Å². The quantitative estimate of drug-likeness (QED) is 0.693. The number of aromatic nitrogens is 1. The minimum atomic E-state index is -0.895. The maximum Gasteiger partial charge on any atom is 0.244 e. The molecule has 23 heavy (non-hydrogen) atoms. The van der Waals surface area contributed by atoms with Gasteiger partial charge in [-0.15, -0.1) is 0 Å². The third kappa shape index (κ3) is 5.98. The van der Waals surface area contributed by atoms with Crippen molar-refractivity contribution < 1.29 is 14.7 Å². The lowest BCUT2D eigenvalue weighted by molar-refractivity contribution is -0.129. The number of hydrogen-bond donors (Lipinski definition) is 3. The lowest BCUT2D eigenvalue weighted by Crippen LogP contribution is -2.50. The summed E-state index contributed by atoms with van der Waals surface area (Å²) in [7, 11) is 0. The SMILES string of the molecule is O=C(Cc1ccncc1)N[C@@H](CO)C(=O)NCC1CCCCC1. The molecule has 126 valence electrons. The van der Waals surface area contributed by atoms with Crippen LogP contribution in [0.1, 0.15) is 37.7 Å². The van der Waals surface area contributed by atoms with Gasteiger partial charge in [0.05, 0.1) is 13.0 Å². The fourth-order valence-electron chi connectivity index (χ4n) is 2.88. The number of pyridine rings is 1. The number of carbonyl (C=O) groups excluding carboxylic acids is 2. The summed E-state index contributed by atoms with van der Waals surface area (Å²) in [5.74, 6) is -0.0937. The molecule has 6 heteroatoms. The summed E-state index contributed by atoms with van der Waals surface area (Å²) >= 11 is 0. The minimum absolute atomic E-state index is 0.162. The maximum atomic E-state index is 12.1. The number of nitrogens with one attached hydrogen (secondary N) is 2. The molecule has 0 aromatic carbocycles. The van der Waals surface area contributed by atoms with Gasteiger partial charge in [0.25, 0.3) is 0 Å². The van der Waals surface area contributed by atoms with Crippen LogP contribution in [0.5, 0.6) is 0 Å². The first-order chi connectivity index (χ1) is 11.2. The second-order valence-electron chi connectivity index (χ2n) is 6.08. The first kappa shape index (κ1) is 17.4. The third-order valence-electron chi connectivity index (χ3n) is 4.24. The van der Waals surface area contributed by atoms with Gasteiger partial charge in [0, 0.05) is 18.9 Å². The van der Waals surface area contributed by atoms with Crippen molar-refractivity contribution in [3.8, 4) is 0 Å². The van der Waals surface area contributed by atoms with Crippen LogP contribution in [0, 0.1) is 5.92 Å². The fourth-order valence-corrected chi connectivity index (χ4v) is 2.88. The van der Waals surface area contributed by atoms with E-state index in [4.69, 9.17) is 0 Å². The van der Waals surface area contributed by atoms with Crippen LogP contribution in [0.15, 0.2) is 24.5 Å². The number of nitrogens with zero attached hydrogens (tertiary/aromatic N) is 1. The van der Waals surface area contributed by atoms with E-state index in [-0.39, 0.29) is 18.2 Å². The van der Waals surface area contributed by atoms with Crippen molar-refractivity contribution in [2.45, 2.75) is 44.6 Å². The Kier molecular flexibility index (Phi) is 7.00. The molecule has 0 radical (unpaired) electrons. The third-order valence-corrected chi connectivity index (χ3v) is 4.24. The molecule has 1 aromatic heterocycles. The highest BCUT2D eigenvalue weighted by molar-refractivity contribution is 5.88. The number of amides is 2. The molecular formula is C17H25N3O3. The molecule has 1 aromatic rings. The molecule has 0 bridgehead atoms. The van der Waals surface area contributed by atoms with Crippen LogP contribution < -0.4 is 10.6 Å². The van der Waals surface area contributed by atoms with E-state index in [1.54, 1.807) is 24.5 Å². The highest BCUT2D eigenvalue weighted by Crippen LogP contribution is 2.22. The lowest BCUT2D eigenvalue weighted by atomic mass is 9.89. The molecule has 1 saturated carbocycles. The number of aliphatic hydroxyl groups is 1. The molecule has 0 saturated heterocycles. The zero-order valence-electron chi connectivity index (χ0n) is 13.3. The van der Waals surface area contributed by atoms with Gasteiger partial charge in [-0.05, 0) is 36.5 Å². The standard InChI is InChI=1S/C17H25N3O3/c21-12-15(17(23)19-11-14-4-2-1-3-5-14)20-16(22)10-13-6-8-18-9-7-13/h6-9,14-15,21H,1-5,10-12H2,(H,19,23)(H,20,22)/t15-/m0/s1. The highest BCUT2D eigenvalue weighted by atomic mass is 16.3. The van der Waals surface area contributed by atoms with Crippen molar-refractivity contribution in [1.82, 2.24) is 15.6 Å². The van der Waals surface area contributed by atoms with E-state index in [1.807, 2.05) is 0 Å². The van der Waals surface area contributed by atoms with Crippen molar-refractivity contribution in [3.05, 3.63) is 30.1 Å². The molecule has 1 atom stereocenters. The van der Waals surface area contributed by atoms with Gasteiger partial charge in [-0.25, -0.2) is 0 Å². The van der Waals surface area contributed by atoms with E-state index in [1.165, 1.54) is 19.3 Å². The van der Waals surface area contributed by atoms with Crippen molar-refractivity contribution in [1.29, 1.82) is 0 Å². The van der Waals surface area contributed by atoms with Crippen molar-refractivity contribution in [2.75, 3.05) is 13.2 Å². The topological polar surface area (TPSA) is 91.3 Å². The Morgan fingerprint density at radius 2 is 1.91 bits per heavy atom. The number of rotatable bonds is 7. The maximum absolute atomic E-state index is 12.1. The van der Waals surface area contributed by atoms with Gasteiger partial charge in [0.15, 0.2) is 0 Å². The molecule has 1 aliphatic carbocycles. The Hall–Kier alpha value is -1.95. The van der Waals surface area contributed by atoms with Gasteiger partial charge in [-0.1, -0.05) is 19.3 Å². The molecule has 2 amide bonds.